The van der Waals surface area contributed by atoms with Gasteiger partial charge in [0, 0.05) is 0 Å². The number of aryl methyl sites for hydroxylation is 2. The molecule has 0 unspecified atom stereocenters. The Bertz CT molecular complexity index is 1070. The fourth-order valence-electron chi connectivity index (χ4n) is 4.10. The van der Waals surface area contributed by atoms with Gasteiger partial charge in [-0.2, -0.15) is 0 Å². The van der Waals surface area contributed by atoms with Gasteiger partial charge in [0.1, 0.15) is 6.04 Å². The summed E-state index contributed by atoms with van der Waals surface area (Å²) in [6.45, 7) is 3.70. The summed E-state index contributed by atoms with van der Waals surface area (Å²) in [6.07, 6.45) is 5.94. The number of hydrogen-bond donors (Lipinski definition) is 1. The highest BCUT2D eigenvalue weighted by Gasteiger charge is 2.32. The Morgan fingerprint density at radius 3 is 2.35 bits per heavy atom. The van der Waals surface area contributed by atoms with E-state index in [4.69, 9.17) is 23.2 Å². The molecule has 8 heteroatoms. The molecule has 3 rings (SSSR count). The van der Waals surface area contributed by atoms with Crippen LogP contribution in [0.2, 0.25) is 10.0 Å². The third-order valence-corrected chi connectivity index (χ3v) is 7.64. The number of sulfonamides is 1. The van der Waals surface area contributed by atoms with E-state index in [2.05, 4.69) is 17.4 Å². The van der Waals surface area contributed by atoms with Gasteiger partial charge in [0.25, 0.3) is 0 Å². The number of carbonyl (C=O) groups is 1. The normalized spacial score (nSPS) is 15.6. The maximum atomic E-state index is 13.2. The van der Waals surface area contributed by atoms with Crippen LogP contribution in [0.1, 0.15) is 55.8 Å². The Hall–Kier alpha value is -1.76. The molecule has 0 radical (unpaired) electrons. The second-order valence-corrected chi connectivity index (χ2v) is 10.7. The largest absolute Gasteiger partial charge is 0.348 e. The lowest BCUT2D eigenvalue weighted by molar-refractivity contribution is -0.122. The Kier molecular flexibility index (Phi) is 7.55. The standard InChI is InChI=1S/C23H28Cl2N2O3S/c1-4-22(27(31(3,29)30)19-11-12-20(24)21(25)14-19)23(28)26-15(2)17-10-9-16-7-5-6-8-18(16)13-17/h9-15,22H,4-8H2,1-3H3,(H,26,28)/t15-,22+/m1/s1. The zero-order chi connectivity index (χ0) is 22.8. The van der Waals surface area contributed by atoms with E-state index in [1.807, 2.05) is 13.0 Å². The number of rotatable bonds is 7. The van der Waals surface area contributed by atoms with Crippen molar-refractivity contribution in [3.63, 3.8) is 0 Å². The number of halogens is 2. The maximum Gasteiger partial charge on any atom is 0.244 e. The topological polar surface area (TPSA) is 66.5 Å². The van der Waals surface area contributed by atoms with Gasteiger partial charge in [-0.3, -0.25) is 9.10 Å². The molecule has 0 heterocycles. The highest BCUT2D eigenvalue weighted by molar-refractivity contribution is 7.92. The molecular formula is C23H28Cl2N2O3S. The minimum Gasteiger partial charge on any atom is -0.348 e. The van der Waals surface area contributed by atoms with E-state index in [-0.39, 0.29) is 17.0 Å². The first-order valence-electron chi connectivity index (χ1n) is 10.5. The zero-order valence-electron chi connectivity index (χ0n) is 18.0. The number of hydrogen-bond acceptors (Lipinski definition) is 3. The summed E-state index contributed by atoms with van der Waals surface area (Å²) in [7, 11) is -3.75. The predicted octanol–water partition coefficient (Wildman–Crippen LogP) is 5.29. The van der Waals surface area contributed by atoms with E-state index in [1.54, 1.807) is 13.0 Å². The van der Waals surface area contributed by atoms with Crippen molar-refractivity contribution in [2.75, 3.05) is 10.6 Å². The number of amides is 1. The van der Waals surface area contributed by atoms with Crippen molar-refractivity contribution in [2.24, 2.45) is 0 Å². The molecule has 1 aliphatic carbocycles. The summed E-state index contributed by atoms with van der Waals surface area (Å²) in [6, 6.07) is 9.74. The van der Waals surface area contributed by atoms with Gasteiger partial charge >= 0.3 is 0 Å². The van der Waals surface area contributed by atoms with Gasteiger partial charge in [0.05, 0.1) is 28.0 Å². The number of benzene rings is 2. The van der Waals surface area contributed by atoms with Gasteiger partial charge in [-0.15, -0.1) is 0 Å². The smallest absolute Gasteiger partial charge is 0.244 e. The van der Waals surface area contributed by atoms with Gasteiger partial charge in [-0.25, -0.2) is 8.42 Å². The molecule has 2 aromatic rings. The first-order valence-corrected chi connectivity index (χ1v) is 13.1. The minimum atomic E-state index is -3.75. The molecule has 2 aromatic carbocycles. The van der Waals surface area contributed by atoms with Crippen LogP contribution in [-0.2, 0) is 27.7 Å². The molecule has 0 saturated carbocycles. The summed E-state index contributed by atoms with van der Waals surface area (Å²) in [5, 5.41) is 3.54. The fraction of sp³-hybridized carbons (Fsp3) is 0.435. The summed E-state index contributed by atoms with van der Waals surface area (Å²) in [5.74, 6) is -0.357. The molecule has 1 aliphatic rings. The number of carbonyl (C=O) groups excluding carboxylic acids is 1. The van der Waals surface area contributed by atoms with E-state index >= 15 is 0 Å². The van der Waals surface area contributed by atoms with Crippen LogP contribution >= 0.6 is 23.2 Å². The molecule has 1 N–H and O–H groups in total. The van der Waals surface area contributed by atoms with Gasteiger partial charge in [0.2, 0.25) is 15.9 Å². The lowest BCUT2D eigenvalue weighted by atomic mass is 9.89. The summed E-state index contributed by atoms with van der Waals surface area (Å²) < 4.78 is 26.4. The van der Waals surface area contributed by atoms with Gasteiger partial charge in [0.15, 0.2) is 0 Å². The molecule has 0 bridgehead atoms. The number of nitrogens with one attached hydrogen (secondary N) is 1. The van der Waals surface area contributed by atoms with Crippen LogP contribution in [0.15, 0.2) is 36.4 Å². The van der Waals surface area contributed by atoms with E-state index in [0.717, 1.165) is 29.0 Å². The first kappa shape index (κ1) is 23.9. The van der Waals surface area contributed by atoms with Crippen LogP contribution in [0.5, 0.6) is 0 Å². The van der Waals surface area contributed by atoms with Crippen molar-refractivity contribution in [3.05, 3.63) is 63.1 Å². The van der Waals surface area contributed by atoms with Crippen LogP contribution in [-0.4, -0.2) is 26.6 Å². The molecule has 168 valence electrons. The Labute approximate surface area is 194 Å². The van der Waals surface area contributed by atoms with Crippen molar-refractivity contribution in [2.45, 2.75) is 58.0 Å². The van der Waals surface area contributed by atoms with Crippen molar-refractivity contribution in [3.8, 4) is 0 Å². The average molecular weight is 483 g/mol. The van der Waals surface area contributed by atoms with Crippen molar-refractivity contribution in [1.82, 2.24) is 5.32 Å². The molecule has 5 nitrogen and oxygen atoms in total. The zero-order valence-corrected chi connectivity index (χ0v) is 20.3. The molecule has 0 fully saturated rings. The molecule has 0 saturated heterocycles. The number of nitrogens with zero attached hydrogens (tertiary/aromatic N) is 1. The Balaban J connectivity index is 1.85. The van der Waals surface area contributed by atoms with Crippen LogP contribution in [0.4, 0.5) is 5.69 Å². The van der Waals surface area contributed by atoms with E-state index in [1.165, 1.54) is 36.1 Å². The van der Waals surface area contributed by atoms with Gasteiger partial charge in [-0.05, 0) is 73.9 Å². The second kappa shape index (κ2) is 9.80. The van der Waals surface area contributed by atoms with Gasteiger partial charge in [-0.1, -0.05) is 48.3 Å². The van der Waals surface area contributed by atoms with E-state index < -0.39 is 16.1 Å². The fourth-order valence-corrected chi connectivity index (χ4v) is 5.59. The van der Waals surface area contributed by atoms with Crippen molar-refractivity contribution >= 4 is 44.8 Å². The molecule has 2 atom stereocenters. The van der Waals surface area contributed by atoms with Crippen molar-refractivity contribution < 1.29 is 13.2 Å². The summed E-state index contributed by atoms with van der Waals surface area (Å²) in [5.41, 5.74) is 4.04. The number of fused-ring (bicyclic) bond motifs is 1. The van der Waals surface area contributed by atoms with Crippen LogP contribution in [0.3, 0.4) is 0 Å². The SMILES string of the molecule is CC[C@@H](C(=O)N[C@H](C)c1ccc2c(c1)CCCC2)N(c1ccc(Cl)c(Cl)c1)S(C)(=O)=O. The van der Waals surface area contributed by atoms with Crippen LogP contribution in [0.25, 0.3) is 0 Å². The molecular weight excluding hydrogens is 455 g/mol. The van der Waals surface area contributed by atoms with Crippen LogP contribution < -0.4 is 9.62 Å². The highest BCUT2D eigenvalue weighted by atomic mass is 35.5. The number of anilines is 1. The van der Waals surface area contributed by atoms with E-state index in [0.29, 0.717) is 17.1 Å². The molecule has 31 heavy (non-hydrogen) atoms. The van der Waals surface area contributed by atoms with Crippen LogP contribution in [0, 0.1) is 0 Å². The Morgan fingerprint density at radius 1 is 1.06 bits per heavy atom. The highest BCUT2D eigenvalue weighted by Crippen LogP contribution is 2.31. The lowest BCUT2D eigenvalue weighted by Gasteiger charge is -2.31. The summed E-state index contributed by atoms with van der Waals surface area (Å²) in [4.78, 5) is 13.2. The minimum absolute atomic E-state index is 0.227. The average Bonchev–Trinajstić information content (AvgIpc) is 2.72. The van der Waals surface area contributed by atoms with E-state index in [9.17, 15) is 13.2 Å². The molecule has 0 aromatic heterocycles. The first-order chi connectivity index (χ1) is 14.6. The third-order valence-electron chi connectivity index (χ3n) is 5.72. The predicted molar refractivity (Wildman–Crippen MR) is 128 cm³/mol. The molecule has 0 spiro atoms. The van der Waals surface area contributed by atoms with Gasteiger partial charge < -0.3 is 5.32 Å². The monoisotopic (exact) mass is 482 g/mol. The second-order valence-electron chi connectivity index (χ2n) is 8.05. The molecule has 1 amide bonds. The summed E-state index contributed by atoms with van der Waals surface area (Å²) >= 11 is 12.1. The Morgan fingerprint density at radius 2 is 1.74 bits per heavy atom. The quantitative estimate of drug-likeness (QED) is 0.582. The van der Waals surface area contributed by atoms with Crippen molar-refractivity contribution in [1.29, 1.82) is 0 Å². The third kappa shape index (κ3) is 5.54. The maximum absolute atomic E-state index is 13.2. The lowest BCUT2D eigenvalue weighted by Crippen LogP contribution is -2.49. The molecule has 0 aliphatic heterocycles.